The van der Waals surface area contributed by atoms with E-state index in [-0.39, 0.29) is 12.2 Å². The largest absolute Gasteiger partial charge is 0.481 e. The summed E-state index contributed by atoms with van der Waals surface area (Å²) in [6.07, 6.45) is -0.158. The van der Waals surface area contributed by atoms with Gasteiger partial charge in [0.1, 0.15) is 0 Å². The molecule has 1 aromatic rings. The van der Waals surface area contributed by atoms with Crippen LogP contribution in [0.15, 0.2) is 18.2 Å². The van der Waals surface area contributed by atoms with Crippen LogP contribution in [0.5, 0.6) is 0 Å². The summed E-state index contributed by atoms with van der Waals surface area (Å²) >= 11 is 0. The van der Waals surface area contributed by atoms with E-state index in [9.17, 15) is 9.59 Å². The Morgan fingerprint density at radius 2 is 2.07 bits per heavy atom. The molecule has 0 fully saturated rings. The molecule has 0 aliphatic rings. The first-order valence-corrected chi connectivity index (χ1v) is 4.12. The Morgan fingerprint density at radius 1 is 1.43 bits per heavy atom. The van der Waals surface area contributed by atoms with Crippen LogP contribution in [0.2, 0.25) is 0 Å². The zero-order chi connectivity index (χ0) is 10.7. The Labute approximate surface area is 81.3 Å². The minimum atomic E-state index is -0.961. The number of carbonyl (C=O) groups excluding carboxylic acids is 1. The van der Waals surface area contributed by atoms with Crippen LogP contribution in [0.4, 0.5) is 5.69 Å². The number of nitrogens with two attached hydrogens (primary N) is 1. The topological polar surface area (TPSA) is 80.4 Å². The normalized spacial score (nSPS) is 9.79. The lowest BCUT2D eigenvalue weighted by Gasteiger charge is -2.05. The SMILES string of the molecule is CC(=O)c1cc(N)ccc1CC(=O)O. The van der Waals surface area contributed by atoms with Crippen LogP contribution in [-0.4, -0.2) is 16.9 Å². The average Bonchev–Trinajstić information content (AvgIpc) is 2.07. The van der Waals surface area contributed by atoms with Crippen LogP contribution < -0.4 is 5.73 Å². The highest BCUT2D eigenvalue weighted by molar-refractivity contribution is 5.97. The van der Waals surface area contributed by atoms with Gasteiger partial charge in [0.25, 0.3) is 0 Å². The minimum absolute atomic E-state index is 0.158. The molecule has 0 radical (unpaired) electrons. The van der Waals surface area contributed by atoms with Crippen molar-refractivity contribution in [3.05, 3.63) is 29.3 Å². The highest BCUT2D eigenvalue weighted by atomic mass is 16.4. The van der Waals surface area contributed by atoms with Crippen LogP contribution in [0.25, 0.3) is 0 Å². The molecule has 0 bridgehead atoms. The minimum Gasteiger partial charge on any atom is -0.481 e. The third kappa shape index (κ3) is 2.32. The lowest BCUT2D eigenvalue weighted by Crippen LogP contribution is -2.07. The highest BCUT2D eigenvalue weighted by Gasteiger charge is 2.10. The van der Waals surface area contributed by atoms with E-state index in [4.69, 9.17) is 10.8 Å². The molecule has 74 valence electrons. The van der Waals surface area contributed by atoms with Gasteiger partial charge >= 0.3 is 5.97 Å². The Balaban J connectivity index is 3.14. The molecule has 0 aliphatic carbocycles. The van der Waals surface area contributed by atoms with Gasteiger partial charge in [-0.25, -0.2) is 0 Å². The molecular weight excluding hydrogens is 182 g/mol. The standard InChI is InChI=1S/C10H11NO3/c1-6(12)9-5-8(11)3-2-7(9)4-10(13)14/h2-3,5H,4,11H2,1H3,(H,13,14). The lowest BCUT2D eigenvalue weighted by molar-refractivity contribution is -0.136. The van der Waals surface area contributed by atoms with E-state index in [2.05, 4.69) is 0 Å². The molecule has 1 aromatic carbocycles. The summed E-state index contributed by atoms with van der Waals surface area (Å²) in [6.45, 7) is 1.39. The summed E-state index contributed by atoms with van der Waals surface area (Å²) in [4.78, 5) is 21.6. The summed E-state index contributed by atoms with van der Waals surface area (Å²) in [5.41, 5.74) is 6.84. The molecular formula is C10H11NO3. The number of aliphatic carboxylic acids is 1. The molecule has 0 saturated carbocycles. The summed E-state index contributed by atoms with van der Waals surface area (Å²) in [5.74, 6) is -1.13. The van der Waals surface area contributed by atoms with Crippen molar-refractivity contribution in [3.8, 4) is 0 Å². The second-order valence-corrected chi connectivity index (χ2v) is 3.04. The molecule has 0 unspecified atom stereocenters. The molecule has 0 aromatic heterocycles. The molecule has 14 heavy (non-hydrogen) atoms. The fourth-order valence-electron chi connectivity index (χ4n) is 1.24. The van der Waals surface area contributed by atoms with E-state index in [0.29, 0.717) is 16.8 Å². The Kier molecular flexibility index (Phi) is 2.86. The number of carbonyl (C=O) groups is 2. The fraction of sp³-hybridized carbons (Fsp3) is 0.200. The Bertz CT molecular complexity index is 385. The molecule has 0 aliphatic heterocycles. The number of hydrogen-bond acceptors (Lipinski definition) is 3. The molecule has 4 heteroatoms. The van der Waals surface area contributed by atoms with Gasteiger partial charge in [-0.15, -0.1) is 0 Å². The zero-order valence-corrected chi connectivity index (χ0v) is 7.78. The molecule has 0 saturated heterocycles. The van der Waals surface area contributed by atoms with Crippen molar-refractivity contribution < 1.29 is 14.7 Å². The van der Waals surface area contributed by atoms with Gasteiger partial charge in [0.15, 0.2) is 5.78 Å². The predicted octanol–water partition coefficient (Wildman–Crippen LogP) is 1.10. The van der Waals surface area contributed by atoms with Crippen LogP contribution in [0.1, 0.15) is 22.8 Å². The van der Waals surface area contributed by atoms with Crippen molar-refractivity contribution in [2.45, 2.75) is 13.3 Å². The van der Waals surface area contributed by atoms with Crippen molar-refractivity contribution in [3.63, 3.8) is 0 Å². The van der Waals surface area contributed by atoms with E-state index in [1.165, 1.54) is 13.0 Å². The third-order valence-corrected chi connectivity index (χ3v) is 1.85. The molecule has 0 heterocycles. The smallest absolute Gasteiger partial charge is 0.307 e. The first kappa shape index (κ1) is 10.2. The number of anilines is 1. The zero-order valence-electron chi connectivity index (χ0n) is 7.78. The molecule has 0 spiro atoms. The number of benzene rings is 1. The van der Waals surface area contributed by atoms with Gasteiger partial charge in [-0.3, -0.25) is 9.59 Å². The van der Waals surface area contributed by atoms with Crippen molar-refractivity contribution in [2.24, 2.45) is 0 Å². The van der Waals surface area contributed by atoms with Crippen molar-refractivity contribution >= 4 is 17.4 Å². The second-order valence-electron chi connectivity index (χ2n) is 3.04. The van der Waals surface area contributed by atoms with E-state index >= 15 is 0 Å². The maximum atomic E-state index is 11.2. The number of carboxylic acid groups (broad SMARTS) is 1. The fourth-order valence-corrected chi connectivity index (χ4v) is 1.24. The van der Waals surface area contributed by atoms with E-state index in [0.717, 1.165) is 0 Å². The number of hydrogen-bond donors (Lipinski definition) is 2. The number of carboxylic acids is 1. The Morgan fingerprint density at radius 3 is 2.57 bits per heavy atom. The maximum Gasteiger partial charge on any atom is 0.307 e. The highest BCUT2D eigenvalue weighted by Crippen LogP contribution is 2.14. The molecule has 3 N–H and O–H groups in total. The molecule has 1 rings (SSSR count). The van der Waals surface area contributed by atoms with E-state index in [1.54, 1.807) is 12.1 Å². The van der Waals surface area contributed by atoms with Crippen molar-refractivity contribution in [1.29, 1.82) is 0 Å². The molecule has 0 amide bonds. The first-order chi connectivity index (χ1) is 6.50. The number of ketones is 1. The Hall–Kier alpha value is -1.84. The summed E-state index contributed by atoms with van der Waals surface area (Å²) in [7, 11) is 0. The predicted molar refractivity (Wildman–Crippen MR) is 52.2 cm³/mol. The number of rotatable bonds is 3. The maximum absolute atomic E-state index is 11.2. The van der Waals surface area contributed by atoms with Gasteiger partial charge < -0.3 is 10.8 Å². The number of Topliss-reactive ketones (excluding diaryl/α,β-unsaturated/α-hetero) is 1. The number of nitrogen functional groups attached to an aromatic ring is 1. The van der Waals surface area contributed by atoms with Gasteiger partial charge in [-0.05, 0) is 24.6 Å². The molecule has 4 nitrogen and oxygen atoms in total. The molecule has 0 atom stereocenters. The summed E-state index contributed by atoms with van der Waals surface area (Å²) in [6, 6.07) is 4.66. The van der Waals surface area contributed by atoms with Crippen LogP contribution in [0.3, 0.4) is 0 Å². The lowest BCUT2D eigenvalue weighted by atomic mass is 10.0. The third-order valence-electron chi connectivity index (χ3n) is 1.85. The van der Waals surface area contributed by atoms with E-state index < -0.39 is 5.97 Å². The monoisotopic (exact) mass is 193 g/mol. The average molecular weight is 193 g/mol. The van der Waals surface area contributed by atoms with Crippen molar-refractivity contribution in [2.75, 3.05) is 5.73 Å². The van der Waals surface area contributed by atoms with Crippen LogP contribution in [0, 0.1) is 0 Å². The van der Waals surface area contributed by atoms with Gasteiger partial charge in [0.05, 0.1) is 6.42 Å². The van der Waals surface area contributed by atoms with Gasteiger partial charge in [-0.2, -0.15) is 0 Å². The quantitative estimate of drug-likeness (QED) is 0.556. The van der Waals surface area contributed by atoms with E-state index in [1.807, 2.05) is 0 Å². The van der Waals surface area contributed by atoms with Crippen LogP contribution in [-0.2, 0) is 11.2 Å². The second kappa shape index (κ2) is 3.91. The van der Waals surface area contributed by atoms with Crippen molar-refractivity contribution in [1.82, 2.24) is 0 Å². The summed E-state index contributed by atoms with van der Waals surface area (Å²) in [5, 5.41) is 8.60. The van der Waals surface area contributed by atoms with Gasteiger partial charge in [-0.1, -0.05) is 6.07 Å². The summed E-state index contributed by atoms with van der Waals surface area (Å²) < 4.78 is 0. The first-order valence-electron chi connectivity index (χ1n) is 4.12. The van der Waals surface area contributed by atoms with Gasteiger partial charge in [0.2, 0.25) is 0 Å². The van der Waals surface area contributed by atoms with Crippen LogP contribution >= 0.6 is 0 Å². The van der Waals surface area contributed by atoms with Gasteiger partial charge in [0, 0.05) is 11.3 Å².